The number of aromatic nitrogens is 2. The molecule has 6 nitrogen and oxygen atoms in total. The molecule has 6 heteroatoms. The minimum absolute atomic E-state index is 0.00282. The Bertz CT molecular complexity index is 651. The van der Waals surface area contributed by atoms with Crippen LogP contribution in [-0.2, 0) is 16.0 Å². The van der Waals surface area contributed by atoms with E-state index in [4.69, 9.17) is 4.74 Å². The molecule has 1 saturated heterocycles. The lowest BCUT2D eigenvalue weighted by Gasteiger charge is -2.45. The molecule has 1 amide bonds. The van der Waals surface area contributed by atoms with Crippen LogP contribution in [-0.4, -0.2) is 46.1 Å². The lowest BCUT2D eigenvalue weighted by molar-refractivity contribution is -0.149. The Labute approximate surface area is 129 Å². The van der Waals surface area contributed by atoms with Gasteiger partial charge in [0.1, 0.15) is 5.82 Å². The molecular formula is C16H23N3O3. The van der Waals surface area contributed by atoms with E-state index in [-0.39, 0.29) is 23.4 Å². The number of aryl methyl sites for hydroxylation is 2. The van der Waals surface area contributed by atoms with Crippen molar-refractivity contribution in [1.82, 2.24) is 14.9 Å². The van der Waals surface area contributed by atoms with Crippen molar-refractivity contribution in [2.24, 2.45) is 5.92 Å². The normalized spacial score (nSPS) is 25.3. The number of carbonyl (C=O) groups is 1. The highest BCUT2D eigenvalue weighted by molar-refractivity contribution is 5.80. The minimum atomic E-state index is -0.228. The third kappa shape index (κ3) is 2.67. The molecule has 0 radical (unpaired) electrons. The second-order valence-electron chi connectivity index (χ2n) is 6.62. The van der Waals surface area contributed by atoms with E-state index in [1.165, 1.54) is 0 Å². The van der Waals surface area contributed by atoms with Crippen molar-refractivity contribution < 1.29 is 9.53 Å². The van der Waals surface area contributed by atoms with E-state index in [0.29, 0.717) is 42.8 Å². The second-order valence-corrected chi connectivity index (χ2v) is 6.62. The molecule has 1 unspecified atom stereocenters. The fourth-order valence-corrected chi connectivity index (χ4v) is 3.43. The Morgan fingerprint density at radius 3 is 2.82 bits per heavy atom. The highest BCUT2D eigenvalue weighted by atomic mass is 16.5. The number of aromatic amines is 1. The summed E-state index contributed by atoms with van der Waals surface area (Å²) in [6.45, 7) is 7.38. The maximum absolute atomic E-state index is 12.8. The van der Waals surface area contributed by atoms with Crippen molar-refractivity contribution in [3.05, 3.63) is 27.4 Å². The largest absolute Gasteiger partial charge is 0.377 e. The summed E-state index contributed by atoms with van der Waals surface area (Å²) < 4.78 is 5.61. The molecule has 1 aliphatic carbocycles. The quantitative estimate of drug-likeness (QED) is 0.902. The number of H-pyrrole nitrogens is 1. The molecule has 3 rings (SSSR count). The van der Waals surface area contributed by atoms with Crippen LogP contribution >= 0.6 is 0 Å². The number of hydrogen-bond donors (Lipinski definition) is 1. The SMILES string of the molecule is Cc1nc(C)c(CC(=O)N2CCOCC2(C)C2CC2)c(=O)[nH]1. The summed E-state index contributed by atoms with van der Waals surface area (Å²) in [6, 6.07) is 0. The van der Waals surface area contributed by atoms with Crippen LogP contribution in [0.3, 0.4) is 0 Å². The first-order valence-corrected chi connectivity index (χ1v) is 7.86. The Balaban J connectivity index is 1.83. The molecule has 0 spiro atoms. The summed E-state index contributed by atoms with van der Waals surface area (Å²) in [6.07, 6.45) is 2.40. The molecule has 2 aliphatic rings. The number of hydrogen-bond acceptors (Lipinski definition) is 4. The van der Waals surface area contributed by atoms with E-state index >= 15 is 0 Å². The number of ether oxygens (including phenoxy) is 1. The van der Waals surface area contributed by atoms with Gasteiger partial charge < -0.3 is 14.6 Å². The molecule has 0 aromatic carbocycles. The number of carbonyl (C=O) groups excluding carboxylic acids is 1. The Kier molecular flexibility index (Phi) is 3.80. The summed E-state index contributed by atoms with van der Waals surface area (Å²) in [5.41, 5.74) is 0.671. The van der Waals surface area contributed by atoms with Crippen molar-refractivity contribution in [2.75, 3.05) is 19.8 Å². The predicted molar refractivity (Wildman–Crippen MR) is 81.7 cm³/mol. The number of rotatable bonds is 3. The number of nitrogens with one attached hydrogen (secondary N) is 1. The van der Waals surface area contributed by atoms with Crippen LogP contribution in [0.4, 0.5) is 0 Å². The van der Waals surface area contributed by atoms with Crippen molar-refractivity contribution >= 4 is 5.91 Å². The monoisotopic (exact) mass is 305 g/mol. The van der Waals surface area contributed by atoms with Gasteiger partial charge in [0.2, 0.25) is 5.91 Å². The Hall–Kier alpha value is -1.69. The van der Waals surface area contributed by atoms with Gasteiger partial charge in [0.25, 0.3) is 5.56 Å². The van der Waals surface area contributed by atoms with Gasteiger partial charge in [-0.3, -0.25) is 9.59 Å². The van der Waals surface area contributed by atoms with E-state index in [1.54, 1.807) is 13.8 Å². The van der Waals surface area contributed by atoms with Gasteiger partial charge in [-0.1, -0.05) is 0 Å². The second kappa shape index (κ2) is 5.50. The zero-order valence-electron chi connectivity index (χ0n) is 13.4. The third-order valence-electron chi connectivity index (χ3n) is 4.90. The van der Waals surface area contributed by atoms with Crippen LogP contribution in [0.25, 0.3) is 0 Å². The summed E-state index contributed by atoms with van der Waals surface area (Å²) >= 11 is 0. The average molecular weight is 305 g/mol. The first-order valence-electron chi connectivity index (χ1n) is 7.86. The highest BCUT2D eigenvalue weighted by Crippen LogP contribution is 2.44. The van der Waals surface area contributed by atoms with Gasteiger partial charge in [-0.15, -0.1) is 0 Å². The van der Waals surface area contributed by atoms with Crippen LogP contribution in [0.2, 0.25) is 0 Å². The minimum Gasteiger partial charge on any atom is -0.377 e. The van der Waals surface area contributed by atoms with Crippen LogP contribution < -0.4 is 5.56 Å². The first kappa shape index (κ1) is 15.2. The molecule has 1 aromatic rings. The van der Waals surface area contributed by atoms with E-state index in [0.717, 1.165) is 12.8 Å². The molecular weight excluding hydrogens is 282 g/mol. The van der Waals surface area contributed by atoms with Gasteiger partial charge in [-0.05, 0) is 39.5 Å². The lowest BCUT2D eigenvalue weighted by atomic mass is 9.92. The van der Waals surface area contributed by atoms with Crippen molar-refractivity contribution in [3.63, 3.8) is 0 Å². The van der Waals surface area contributed by atoms with E-state index in [2.05, 4.69) is 16.9 Å². The van der Waals surface area contributed by atoms with Crippen molar-refractivity contribution in [3.8, 4) is 0 Å². The molecule has 1 aliphatic heterocycles. The number of amides is 1. The smallest absolute Gasteiger partial charge is 0.254 e. The van der Waals surface area contributed by atoms with Gasteiger partial charge in [0, 0.05) is 17.8 Å². The predicted octanol–water partition coefficient (Wildman–Crippen LogP) is 0.957. The molecule has 1 N–H and O–H groups in total. The summed E-state index contributed by atoms with van der Waals surface area (Å²) in [4.78, 5) is 33.8. The zero-order valence-corrected chi connectivity index (χ0v) is 13.4. The van der Waals surface area contributed by atoms with Crippen LogP contribution in [0.15, 0.2) is 4.79 Å². The topological polar surface area (TPSA) is 75.3 Å². The molecule has 1 atom stereocenters. The Morgan fingerprint density at radius 2 is 2.18 bits per heavy atom. The van der Waals surface area contributed by atoms with E-state index in [1.807, 2.05) is 4.90 Å². The fourth-order valence-electron chi connectivity index (χ4n) is 3.43. The van der Waals surface area contributed by atoms with Gasteiger partial charge in [-0.2, -0.15) is 0 Å². The molecule has 1 saturated carbocycles. The fraction of sp³-hybridized carbons (Fsp3) is 0.688. The molecule has 120 valence electrons. The van der Waals surface area contributed by atoms with E-state index in [9.17, 15) is 9.59 Å². The highest BCUT2D eigenvalue weighted by Gasteiger charge is 2.49. The molecule has 22 heavy (non-hydrogen) atoms. The average Bonchev–Trinajstić information content (AvgIpc) is 3.28. The van der Waals surface area contributed by atoms with Crippen molar-refractivity contribution in [2.45, 2.75) is 45.6 Å². The molecule has 0 bridgehead atoms. The van der Waals surface area contributed by atoms with Crippen molar-refractivity contribution in [1.29, 1.82) is 0 Å². The van der Waals surface area contributed by atoms with Crippen LogP contribution in [0.1, 0.15) is 36.8 Å². The number of morpholine rings is 1. The molecule has 2 fully saturated rings. The van der Waals surface area contributed by atoms with Gasteiger partial charge >= 0.3 is 0 Å². The summed E-state index contributed by atoms with van der Waals surface area (Å²) in [5, 5.41) is 0. The maximum atomic E-state index is 12.8. The van der Waals surface area contributed by atoms with Gasteiger partial charge in [-0.25, -0.2) is 4.98 Å². The maximum Gasteiger partial charge on any atom is 0.254 e. The lowest BCUT2D eigenvalue weighted by Crippen LogP contribution is -2.59. The molecule has 1 aromatic heterocycles. The van der Waals surface area contributed by atoms with Crippen LogP contribution in [0.5, 0.6) is 0 Å². The third-order valence-corrected chi connectivity index (χ3v) is 4.90. The van der Waals surface area contributed by atoms with E-state index < -0.39 is 0 Å². The summed E-state index contributed by atoms with van der Waals surface area (Å²) in [5.74, 6) is 1.09. The van der Waals surface area contributed by atoms with Crippen LogP contribution in [0, 0.1) is 19.8 Å². The number of nitrogens with zero attached hydrogens (tertiary/aromatic N) is 2. The van der Waals surface area contributed by atoms with Gasteiger partial charge in [0.05, 0.1) is 25.2 Å². The Morgan fingerprint density at radius 1 is 1.45 bits per heavy atom. The van der Waals surface area contributed by atoms with Gasteiger partial charge in [0.15, 0.2) is 0 Å². The summed E-state index contributed by atoms with van der Waals surface area (Å²) in [7, 11) is 0. The molecule has 2 heterocycles. The first-order chi connectivity index (χ1) is 10.4. The zero-order chi connectivity index (χ0) is 15.9. The standard InChI is InChI=1S/C16H23N3O3/c1-10-13(15(21)18-11(2)17-10)8-14(20)19-6-7-22-9-16(19,3)12-4-5-12/h12H,4-9H2,1-3H3,(H,17,18,21).